The van der Waals surface area contributed by atoms with Gasteiger partial charge in [0.1, 0.15) is 5.82 Å². The first kappa shape index (κ1) is 18.8. The van der Waals surface area contributed by atoms with E-state index in [-0.39, 0.29) is 5.91 Å². The Morgan fingerprint density at radius 1 is 1.04 bits per heavy atom. The molecule has 0 spiro atoms. The van der Waals surface area contributed by atoms with Gasteiger partial charge in [0.15, 0.2) is 11.5 Å². The van der Waals surface area contributed by atoms with E-state index in [2.05, 4.69) is 11.1 Å². The minimum atomic E-state index is 0.205. The maximum absolute atomic E-state index is 13.1. The molecular weight excluding hydrogens is 352 g/mol. The Labute approximate surface area is 166 Å². The molecule has 1 aromatic heterocycles. The van der Waals surface area contributed by atoms with Crippen molar-refractivity contribution < 1.29 is 14.3 Å². The van der Waals surface area contributed by atoms with Crippen molar-refractivity contribution in [3.05, 3.63) is 48.2 Å². The summed E-state index contributed by atoms with van der Waals surface area (Å²) in [6, 6.07) is 12.2. The molecule has 0 saturated heterocycles. The van der Waals surface area contributed by atoms with Gasteiger partial charge in [-0.1, -0.05) is 31.4 Å². The molecule has 1 amide bonds. The highest BCUT2D eigenvalue weighted by Crippen LogP contribution is 2.33. The molecule has 1 saturated carbocycles. The maximum atomic E-state index is 13.1. The van der Waals surface area contributed by atoms with Gasteiger partial charge in [0, 0.05) is 18.7 Å². The van der Waals surface area contributed by atoms with Crippen LogP contribution < -0.4 is 14.4 Å². The molecule has 28 heavy (non-hydrogen) atoms. The lowest BCUT2D eigenvalue weighted by Gasteiger charge is -2.33. The number of rotatable bonds is 7. The second-order valence-electron chi connectivity index (χ2n) is 7.64. The van der Waals surface area contributed by atoms with E-state index in [1.165, 1.54) is 24.8 Å². The van der Waals surface area contributed by atoms with Crippen LogP contribution in [-0.2, 0) is 11.2 Å². The summed E-state index contributed by atoms with van der Waals surface area (Å²) in [7, 11) is 0. The number of aryl methyl sites for hydroxylation is 1. The number of pyridine rings is 1. The number of benzene rings is 1. The van der Waals surface area contributed by atoms with Crippen LogP contribution >= 0.6 is 0 Å². The monoisotopic (exact) mass is 380 g/mol. The van der Waals surface area contributed by atoms with Crippen LogP contribution in [0.2, 0.25) is 0 Å². The normalized spacial score (nSPS) is 16.1. The number of anilines is 1. The molecule has 0 unspecified atom stereocenters. The van der Waals surface area contributed by atoms with Crippen molar-refractivity contribution in [3.8, 4) is 11.5 Å². The van der Waals surface area contributed by atoms with Gasteiger partial charge in [-0.05, 0) is 61.9 Å². The summed E-state index contributed by atoms with van der Waals surface area (Å²) in [4.78, 5) is 19.5. The molecule has 2 aliphatic rings. The number of fused-ring (bicyclic) bond motifs is 1. The number of aromatic nitrogens is 1. The van der Waals surface area contributed by atoms with Crippen LogP contribution in [0.1, 0.15) is 56.9 Å². The van der Waals surface area contributed by atoms with Gasteiger partial charge < -0.3 is 9.47 Å². The van der Waals surface area contributed by atoms with Crippen molar-refractivity contribution in [2.24, 2.45) is 0 Å². The molecule has 5 heteroatoms. The fourth-order valence-corrected chi connectivity index (χ4v) is 4.18. The third-order valence-corrected chi connectivity index (χ3v) is 5.65. The quantitative estimate of drug-likeness (QED) is 0.642. The molecule has 0 radical (unpaired) electrons. The SMILES string of the molecule is O=C(CCCCc1ccc2c(c1)OCO2)N(c1ccccn1)C1CCCCC1. The van der Waals surface area contributed by atoms with Crippen LogP contribution in [0, 0.1) is 0 Å². The molecule has 1 fully saturated rings. The molecule has 4 rings (SSSR count). The Balaban J connectivity index is 1.32. The van der Waals surface area contributed by atoms with Crippen LogP contribution in [0.25, 0.3) is 0 Å². The molecule has 2 heterocycles. The van der Waals surface area contributed by atoms with E-state index < -0.39 is 0 Å². The lowest BCUT2D eigenvalue weighted by Crippen LogP contribution is -2.42. The maximum Gasteiger partial charge on any atom is 0.231 e. The van der Waals surface area contributed by atoms with Crippen LogP contribution in [0.15, 0.2) is 42.6 Å². The Morgan fingerprint density at radius 2 is 1.89 bits per heavy atom. The van der Waals surface area contributed by atoms with Crippen molar-refractivity contribution in [1.82, 2.24) is 4.98 Å². The number of unbranched alkanes of at least 4 members (excludes halogenated alkanes) is 1. The number of hydrogen-bond donors (Lipinski definition) is 0. The van der Waals surface area contributed by atoms with E-state index in [1.54, 1.807) is 6.20 Å². The van der Waals surface area contributed by atoms with E-state index in [0.717, 1.165) is 49.4 Å². The number of ether oxygens (including phenoxy) is 2. The minimum Gasteiger partial charge on any atom is -0.454 e. The fourth-order valence-electron chi connectivity index (χ4n) is 4.18. The summed E-state index contributed by atoms with van der Waals surface area (Å²) in [6.07, 6.45) is 11.0. The standard InChI is InChI=1S/C23H28N2O3/c26-23(12-5-4-8-18-13-14-20-21(16-18)28-17-27-20)25(19-9-2-1-3-10-19)22-11-6-7-15-24-22/h6-7,11,13-16,19H,1-5,8-10,12,17H2. The zero-order valence-corrected chi connectivity index (χ0v) is 16.3. The number of carbonyl (C=O) groups excluding carboxylic acids is 1. The van der Waals surface area contributed by atoms with Crippen LogP contribution in [-0.4, -0.2) is 23.7 Å². The molecule has 0 atom stereocenters. The second-order valence-corrected chi connectivity index (χ2v) is 7.64. The minimum absolute atomic E-state index is 0.205. The van der Waals surface area contributed by atoms with E-state index in [1.807, 2.05) is 35.2 Å². The summed E-state index contributed by atoms with van der Waals surface area (Å²) in [5.74, 6) is 2.65. The highest BCUT2D eigenvalue weighted by molar-refractivity contribution is 5.93. The van der Waals surface area contributed by atoms with E-state index in [0.29, 0.717) is 19.3 Å². The fraction of sp³-hybridized carbons (Fsp3) is 0.478. The summed E-state index contributed by atoms with van der Waals surface area (Å²) < 4.78 is 10.8. The Kier molecular flexibility index (Phi) is 6.10. The molecular formula is C23H28N2O3. The Morgan fingerprint density at radius 3 is 2.71 bits per heavy atom. The van der Waals surface area contributed by atoms with E-state index in [4.69, 9.17) is 9.47 Å². The summed E-state index contributed by atoms with van der Waals surface area (Å²) in [5, 5.41) is 0. The van der Waals surface area contributed by atoms with Gasteiger partial charge in [-0.25, -0.2) is 4.98 Å². The molecule has 5 nitrogen and oxygen atoms in total. The van der Waals surface area contributed by atoms with Gasteiger partial charge >= 0.3 is 0 Å². The molecule has 2 aromatic rings. The lowest BCUT2D eigenvalue weighted by molar-refractivity contribution is -0.119. The van der Waals surface area contributed by atoms with Crippen molar-refractivity contribution in [2.45, 2.75) is 63.8 Å². The first-order valence-electron chi connectivity index (χ1n) is 10.4. The predicted molar refractivity (Wildman–Crippen MR) is 109 cm³/mol. The van der Waals surface area contributed by atoms with E-state index in [9.17, 15) is 4.79 Å². The summed E-state index contributed by atoms with van der Waals surface area (Å²) >= 11 is 0. The van der Waals surface area contributed by atoms with Crippen LogP contribution in [0.5, 0.6) is 11.5 Å². The first-order chi connectivity index (χ1) is 13.8. The molecule has 0 bridgehead atoms. The van der Waals surface area contributed by atoms with Crippen molar-refractivity contribution >= 4 is 11.7 Å². The zero-order chi connectivity index (χ0) is 19.2. The van der Waals surface area contributed by atoms with Gasteiger partial charge in [0.2, 0.25) is 12.7 Å². The third kappa shape index (κ3) is 4.46. The molecule has 1 aliphatic heterocycles. The average Bonchev–Trinajstić information content (AvgIpc) is 3.21. The summed E-state index contributed by atoms with van der Waals surface area (Å²) in [5.41, 5.74) is 1.23. The van der Waals surface area contributed by atoms with Gasteiger partial charge in [0.25, 0.3) is 0 Å². The largest absolute Gasteiger partial charge is 0.454 e. The van der Waals surface area contributed by atoms with Gasteiger partial charge in [-0.2, -0.15) is 0 Å². The highest BCUT2D eigenvalue weighted by Gasteiger charge is 2.27. The van der Waals surface area contributed by atoms with Gasteiger partial charge in [-0.15, -0.1) is 0 Å². The summed E-state index contributed by atoms with van der Waals surface area (Å²) in [6.45, 7) is 0.303. The average molecular weight is 380 g/mol. The van der Waals surface area contributed by atoms with Crippen molar-refractivity contribution in [1.29, 1.82) is 0 Å². The number of carbonyl (C=O) groups is 1. The third-order valence-electron chi connectivity index (χ3n) is 5.65. The van der Waals surface area contributed by atoms with E-state index >= 15 is 0 Å². The predicted octanol–water partition coefficient (Wildman–Crippen LogP) is 4.89. The smallest absolute Gasteiger partial charge is 0.231 e. The second kappa shape index (κ2) is 9.09. The van der Waals surface area contributed by atoms with Crippen molar-refractivity contribution in [3.63, 3.8) is 0 Å². The molecule has 1 aromatic carbocycles. The van der Waals surface area contributed by atoms with Crippen molar-refractivity contribution in [2.75, 3.05) is 11.7 Å². The van der Waals surface area contributed by atoms with Gasteiger partial charge in [-0.3, -0.25) is 9.69 Å². The Bertz CT molecular complexity index is 788. The first-order valence-corrected chi connectivity index (χ1v) is 10.4. The van der Waals surface area contributed by atoms with Gasteiger partial charge in [0.05, 0.1) is 0 Å². The Hall–Kier alpha value is -2.56. The number of nitrogens with zero attached hydrogens (tertiary/aromatic N) is 2. The van der Waals surface area contributed by atoms with Crippen LogP contribution in [0.3, 0.4) is 0 Å². The van der Waals surface area contributed by atoms with Crippen LogP contribution in [0.4, 0.5) is 5.82 Å². The number of hydrogen-bond acceptors (Lipinski definition) is 4. The highest BCUT2D eigenvalue weighted by atomic mass is 16.7. The molecule has 0 N–H and O–H groups in total. The molecule has 1 aliphatic carbocycles. The topological polar surface area (TPSA) is 51.7 Å². The molecule has 148 valence electrons. The lowest BCUT2D eigenvalue weighted by atomic mass is 9.93. The zero-order valence-electron chi connectivity index (χ0n) is 16.3. The number of amides is 1.